The molecule has 0 aliphatic carbocycles. The molecule has 0 spiro atoms. The van der Waals surface area contributed by atoms with E-state index in [0.29, 0.717) is 32.7 Å². The first-order chi connectivity index (χ1) is 10.0. The highest BCUT2D eigenvalue weighted by atomic mass is 16.5. The van der Waals surface area contributed by atoms with E-state index in [1.165, 1.54) is 0 Å². The van der Waals surface area contributed by atoms with Crippen LogP contribution in [-0.2, 0) is 9.53 Å². The van der Waals surface area contributed by atoms with Crippen molar-refractivity contribution in [2.45, 2.75) is 32.2 Å². The minimum Gasteiger partial charge on any atom is -0.465 e. The van der Waals surface area contributed by atoms with Crippen molar-refractivity contribution < 1.29 is 24.2 Å². The van der Waals surface area contributed by atoms with E-state index in [4.69, 9.17) is 9.84 Å². The van der Waals surface area contributed by atoms with Gasteiger partial charge >= 0.3 is 12.1 Å². The van der Waals surface area contributed by atoms with Crippen LogP contribution in [0.4, 0.5) is 9.59 Å². The zero-order valence-corrected chi connectivity index (χ0v) is 12.3. The molecule has 1 fully saturated rings. The minimum atomic E-state index is -1.23. The number of rotatable bonds is 7. The molecular formula is C13H23N3O5. The van der Waals surface area contributed by atoms with E-state index < -0.39 is 12.1 Å². The van der Waals surface area contributed by atoms with Gasteiger partial charge in [0.15, 0.2) is 5.78 Å². The third-order valence-corrected chi connectivity index (χ3v) is 3.24. The van der Waals surface area contributed by atoms with Crippen LogP contribution in [0.25, 0.3) is 0 Å². The van der Waals surface area contributed by atoms with Crippen LogP contribution >= 0.6 is 0 Å². The number of ether oxygens (including phenoxy) is 1. The van der Waals surface area contributed by atoms with Crippen LogP contribution in [-0.4, -0.2) is 66.8 Å². The minimum absolute atomic E-state index is 0.176. The van der Waals surface area contributed by atoms with E-state index in [1.807, 2.05) is 6.92 Å². The third-order valence-electron chi connectivity index (χ3n) is 3.24. The SMILES string of the molecule is CCCC[C@H](NC(=O)O)C(=O)CNC(=O)N1CCOCC1. The Hall–Kier alpha value is -1.83. The van der Waals surface area contributed by atoms with Gasteiger partial charge in [-0.1, -0.05) is 19.8 Å². The normalized spacial score (nSPS) is 16.1. The molecule has 1 aliphatic rings. The topological polar surface area (TPSA) is 108 Å². The second-order valence-corrected chi connectivity index (χ2v) is 4.87. The van der Waals surface area contributed by atoms with Crippen molar-refractivity contribution in [3.8, 4) is 0 Å². The maximum Gasteiger partial charge on any atom is 0.405 e. The lowest BCUT2D eigenvalue weighted by Crippen LogP contribution is -2.50. The van der Waals surface area contributed by atoms with Gasteiger partial charge in [-0.15, -0.1) is 0 Å². The van der Waals surface area contributed by atoms with Crippen molar-refractivity contribution in [1.29, 1.82) is 0 Å². The summed E-state index contributed by atoms with van der Waals surface area (Å²) in [6, 6.07) is -1.09. The molecule has 0 bridgehead atoms. The summed E-state index contributed by atoms with van der Waals surface area (Å²) in [6.45, 7) is 3.74. The third kappa shape index (κ3) is 6.44. The number of Topliss-reactive ketones (excluding diaryl/α,β-unsaturated/α-hetero) is 1. The Kier molecular flexibility index (Phi) is 7.52. The zero-order chi connectivity index (χ0) is 15.7. The number of unbranched alkanes of at least 4 members (excludes halogenated alkanes) is 1. The second-order valence-electron chi connectivity index (χ2n) is 4.87. The van der Waals surface area contributed by atoms with Gasteiger partial charge in [-0.25, -0.2) is 9.59 Å². The van der Waals surface area contributed by atoms with E-state index in [2.05, 4.69) is 10.6 Å². The van der Waals surface area contributed by atoms with E-state index >= 15 is 0 Å². The van der Waals surface area contributed by atoms with Gasteiger partial charge in [0.25, 0.3) is 0 Å². The highest BCUT2D eigenvalue weighted by Crippen LogP contribution is 2.02. The number of ketones is 1. The molecule has 8 heteroatoms. The van der Waals surface area contributed by atoms with Gasteiger partial charge in [0.05, 0.1) is 25.8 Å². The molecular weight excluding hydrogens is 278 g/mol. The van der Waals surface area contributed by atoms with Gasteiger partial charge in [0, 0.05) is 13.1 Å². The molecule has 0 aromatic carbocycles. The fourth-order valence-corrected chi connectivity index (χ4v) is 2.04. The summed E-state index contributed by atoms with van der Waals surface area (Å²) >= 11 is 0. The van der Waals surface area contributed by atoms with Crippen LogP contribution < -0.4 is 10.6 Å². The number of amides is 3. The van der Waals surface area contributed by atoms with Crippen molar-refractivity contribution in [1.82, 2.24) is 15.5 Å². The van der Waals surface area contributed by atoms with Gasteiger partial charge in [-0.05, 0) is 6.42 Å². The highest BCUT2D eigenvalue weighted by Gasteiger charge is 2.22. The summed E-state index contributed by atoms with van der Waals surface area (Å²) < 4.78 is 5.14. The lowest BCUT2D eigenvalue weighted by atomic mass is 10.1. The number of hydrogen-bond acceptors (Lipinski definition) is 4. The van der Waals surface area contributed by atoms with Crippen molar-refractivity contribution in [3.05, 3.63) is 0 Å². The van der Waals surface area contributed by atoms with Gasteiger partial charge in [-0.2, -0.15) is 0 Å². The first-order valence-electron chi connectivity index (χ1n) is 7.17. The number of hydrogen-bond donors (Lipinski definition) is 3. The molecule has 8 nitrogen and oxygen atoms in total. The largest absolute Gasteiger partial charge is 0.465 e. The highest BCUT2D eigenvalue weighted by molar-refractivity contribution is 5.91. The lowest BCUT2D eigenvalue weighted by Gasteiger charge is -2.27. The van der Waals surface area contributed by atoms with E-state index in [0.717, 1.165) is 12.8 Å². The average Bonchev–Trinajstić information content (AvgIpc) is 2.49. The quantitative estimate of drug-likeness (QED) is 0.632. The number of morpholine rings is 1. The molecule has 21 heavy (non-hydrogen) atoms. The molecule has 1 saturated heterocycles. The number of carbonyl (C=O) groups is 3. The zero-order valence-electron chi connectivity index (χ0n) is 12.3. The predicted octanol–water partition coefficient (Wildman–Crippen LogP) is 0.424. The molecule has 1 heterocycles. The van der Waals surface area contributed by atoms with E-state index in [1.54, 1.807) is 4.90 Å². The number of nitrogens with zero attached hydrogens (tertiary/aromatic N) is 1. The standard InChI is InChI=1S/C13H23N3O5/c1-2-3-4-10(15-13(19)20)11(17)9-14-12(18)16-5-7-21-8-6-16/h10,15H,2-9H2,1H3,(H,14,18)(H,19,20)/t10-/m0/s1. The second kappa shape index (κ2) is 9.17. The molecule has 3 amide bonds. The summed E-state index contributed by atoms with van der Waals surface area (Å²) in [6.07, 6.45) is 0.818. The van der Waals surface area contributed by atoms with Gasteiger partial charge in [0.1, 0.15) is 0 Å². The molecule has 3 N–H and O–H groups in total. The summed E-state index contributed by atoms with van der Waals surface area (Å²) in [5, 5.41) is 13.5. The van der Waals surface area contributed by atoms with Crippen molar-refractivity contribution in [3.63, 3.8) is 0 Å². The van der Waals surface area contributed by atoms with Gasteiger partial charge in [-0.3, -0.25) is 4.79 Å². The smallest absolute Gasteiger partial charge is 0.405 e. The molecule has 1 atom stereocenters. The molecule has 1 aliphatic heterocycles. The van der Waals surface area contributed by atoms with Crippen LogP contribution in [0.3, 0.4) is 0 Å². The predicted molar refractivity (Wildman–Crippen MR) is 75.3 cm³/mol. The summed E-state index contributed by atoms with van der Waals surface area (Å²) in [5.74, 6) is -0.326. The summed E-state index contributed by atoms with van der Waals surface area (Å²) in [5.41, 5.74) is 0. The van der Waals surface area contributed by atoms with Crippen molar-refractivity contribution in [2.75, 3.05) is 32.8 Å². The monoisotopic (exact) mass is 301 g/mol. The first-order valence-corrected chi connectivity index (χ1v) is 7.17. The first kappa shape index (κ1) is 17.2. The van der Waals surface area contributed by atoms with Crippen molar-refractivity contribution in [2.24, 2.45) is 0 Å². The van der Waals surface area contributed by atoms with Crippen LogP contribution in [0.15, 0.2) is 0 Å². The Morgan fingerprint density at radius 1 is 1.29 bits per heavy atom. The maximum absolute atomic E-state index is 12.0. The van der Waals surface area contributed by atoms with Crippen LogP contribution in [0, 0.1) is 0 Å². The summed E-state index contributed by atoms with van der Waals surface area (Å²) in [4.78, 5) is 36.1. The fourth-order valence-electron chi connectivity index (χ4n) is 2.04. The maximum atomic E-state index is 12.0. The molecule has 0 radical (unpaired) electrons. The van der Waals surface area contributed by atoms with Crippen molar-refractivity contribution >= 4 is 17.9 Å². The van der Waals surface area contributed by atoms with Crippen LogP contribution in [0.2, 0.25) is 0 Å². The molecule has 120 valence electrons. The number of carbonyl (C=O) groups excluding carboxylic acids is 2. The molecule has 0 aromatic heterocycles. The molecule has 0 unspecified atom stereocenters. The Labute approximate surface area is 123 Å². The average molecular weight is 301 g/mol. The molecule has 0 saturated carbocycles. The number of urea groups is 1. The molecule has 0 aromatic rings. The Balaban J connectivity index is 2.40. The lowest BCUT2D eigenvalue weighted by molar-refractivity contribution is -0.120. The molecule has 1 rings (SSSR count). The van der Waals surface area contributed by atoms with Gasteiger partial charge < -0.3 is 25.4 Å². The van der Waals surface area contributed by atoms with Crippen LogP contribution in [0.1, 0.15) is 26.2 Å². The van der Waals surface area contributed by atoms with E-state index in [9.17, 15) is 14.4 Å². The Bertz CT molecular complexity index is 369. The number of carboxylic acid groups (broad SMARTS) is 1. The van der Waals surface area contributed by atoms with Crippen LogP contribution in [0.5, 0.6) is 0 Å². The Morgan fingerprint density at radius 3 is 2.52 bits per heavy atom. The van der Waals surface area contributed by atoms with E-state index in [-0.39, 0.29) is 18.4 Å². The Morgan fingerprint density at radius 2 is 1.95 bits per heavy atom. The number of nitrogens with one attached hydrogen (secondary N) is 2. The van der Waals surface area contributed by atoms with Gasteiger partial charge in [0.2, 0.25) is 0 Å². The summed E-state index contributed by atoms with van der Waals surface area (Å²) in [7, 11) is 0. The fraction of sp³-hybridized carbons (Fsp3) is 0.769.